The molecule has 0 N–H and O–H groups in total. The van der Waals surface area contributed by atoms with E-state index in [2.05, 4.69) is 5.10 Å². The van der Waals surface area contributed by atoms with Gasteiger partial charge in [-0.05, 0) is 49.4 Å². The van der Waals surface area contributed by atoms with Crippen molar-refractivity contribution in [3.63, 3.8) is 0 Å². The lowest BCUT2D eigenvalue weighted by atomic mass is 9.94. The van der Waals surface area contributed by atoms with Crippen LogP contribution in [-0.2, 0) is 18.3 Å². The molecule has 0 aliphatic carbocycles. The van der Waals surface area contributed by atoms with Crippen molar-refractivity contribution in [1.82, 2.24) is 14.7 Å². The monoisotopic (exact) mass is 315 g/mol. The van der Waals surface area contributed by atoms with Gasteiger partial charge in [-0.25, -0.2) is 4.39 Å². The number of hydrogen-bond acceptors (Lipinski definition) is 2. The summed E-state index contributed by atoms with van der Waals surface area (Å²) >= 11 is 0. The molecule has 0 spiro atoms. The number of rotatable bonds is 4. The summed E-state index contributed by atoms with van der Waals surface area (Å²) < 4.78 is 15.3. The fourth-order valence-electron chi connectivity index (χ4n) is 3.32. The Morgan fingerprint density at radius 3 is 2.96 bits per heavy atom. The number of likely N-dealkylation sites (tertiary alicyclic amines) is 1. The lowest BCUT2D eigenvalue weighted by molar-refractivity contribution is -0.135. The summed E-state index contributed by atoms with van der Waals surface area (Å²) in [5.74, 6) is -0.101. The van der Waals surface area contributed by atoms with Crippen LogP contribution in [0.2, 0.25) is 0 Å². The number of benzene rings is 1. The third-order valence-corrected chi connectivity index (χ3v) is 4.57. The van der Waals surface area contributed by atoms with Crippen molar-refractivity contribution in [1.29, 1.82) is 0 Å². The van der Waals surface area contributed by atoms with Crippen LogP contribution in [0.5, 0.6) is 0 Å². The van der Waals surface area contributed by atoms with Crippen LogP contribution in [0.4, 0.5) is 4.39 Å². The number of piperidine rings is 1. The van der Waals surface area contributed by atoms with Crippen molar-refractivity contribution >= 4 is 5.91 Å². The van der Waals surface area contributed by atoms with Crippen molar-refractivity contribution in [2.75, 3.05) is 6.54 Å². The zero-order chi connectivity index (χ0) is 16.2. The van der Waals surface area contributed by atoms with E-state index in [9.17, 15) is 9.18 Å². The zero-order valence-electron chi connectivity index (χ0n) is 13.4. The highest BCUT2D eigenvalue weighted by Gasteiger charge is 2.27. The Morgan fingerprint density at radius 1 is 1.35 bits per heavy atom. The maximum atomic E-state index is 13.5. The van der Waals surface area contributed by atoms with Gasteiger partial charge in [0.05, 0.1) is 6.04 Å². The maximum absolute atomic E-state index is 13.5. The molecule has 2 heterocycles. The molecule has 0 radical (unpaired) electrons. The van der Waals surface area contributed by atoms with Crippen LogP contribution in [0.3, 0.4) is 0 Å². The number of carbonyl (C=O) groups is 1. The first kappa shape index (κ1) is 15.7. The Hall–Kier alpha value is -2.17. The largest absolute Gasteiger partial charge is 0.336 e. The molecule has 1 amide bonds. The second-order valence-electron chi connectivity index (χ2n) is 6.10. The van der Waals surface area contributed by atoms with E-state index in [4.69, 9.17) is 0 Å². The molecule has 3 rings (SSSR count). The van der Waals surface area contributed by atoms with Crippen molar-refractivity contribution < 1.29 is 9.18 Å². The van der Waals surface area contributed by atoms with Crippen LogP contribution in [0.15, 0.2) is 36.5 Å². The van der Waals surface area contributed by atoms with Crippen molar-refractivity contribution in [2.24, 2.45) is 7.05 Å². The van der Waals surface area contributed by atoms with Crippen molar-refractivity contribution in [3.8, 4) is 0 Å². The van der Waals surface area contributed by atoms with E-state index >= 15 is 0 Å². The number of hydrogen-bond donors (Lipinski definition) is 0. The molecule has 1 aromatic carbocycles. The molecule has 1 aliphatic heterocycles. The summed E-state index contributed by atoms with van der Waals surface area (Å²) in [6.45, 7) is 0.755. The Morgan fingerprint density at radius 2 is 2.22 bits per heavy atom. The van der Waals surface area contributed by atoms with Crippen LogP contribution >= 0.6 is 0 Å². The predicted molar refractivity (Wildman–Crippen MR) is 86.2 cm³/mol. The van der Waals surface area contributed by atoms with Crippen LogP contribution in [-0.4, -0.2) is 27.1 Å². The van der Waals surface area contributed by atoms with E-state index in [-0.39, 0.29) is 17.8 Å². The Labute approximate surface area is 135 Å². The van der Waals surface area contributed by atoms with E-state index in [1.165, 1.54) is 6.07 Å². The van der Waals surface area contributed by atoms with E-state index in [0.29, 0.717) is 12.8 Å². The summed E-state index contributed by atoms with van der Waals surface area (Å²) in [7, 11) is 1.89. The normalized spacial score (nSPS) is 18.2. The predicted octanol–water partition coefficient (Wildman–Crippen LogP) is 3.25. The summed E-state index contributed by atoms with van der Waals surface area (Å²) in [5, 5.41) is 4.13. The quantitative estimate of drug-likeness (QED) is 0.868. The molecule has 0 saturated carbocycles. The lowest BCUT2D eigenvalue weighted by Crippen LogP contribution is -2.38. The fraction of sp³-hybridized carbons (Fsp3) is 0.444. The molecule has 5 heteroatoms. The SMILES string of the molecule is Cn1nccc1CCC(=O)N1CCCC[C@H]1c1cccc(F)c1. The Balaban J connectivity index is 1.70. The lowest BCUT2D eigenvalue weighted by Gasteiger charge is -2.36. The highest BCUT2D eigenvalue weighted by molar-refractivity contribution is 5.77. The summed E-state index contributed by atoms with van der Waals surface area (Å²) in [4.78, 5) is 14.6. The minimum Gasteiger partial charge on any atom is -0.336 e. The molecule has 1 fully saturated rings. The molecule has 1 aliphatic rings. The number of amides is 1. The molecule has 23 heavy (non-hydrogen) atoms. The smallest absolute Gasteiger partial charge is 0.223 e. The molecule has 1 atom stereocenters. The van der Waals surface area contributed by atoms with Gasteiger partial charge in [-0.1, -0.05) is 12.1 Å². The first-order valence-electron chi connectivity index (χ1n) is 8.17. The van der Waals surface area contributed by atoms with Gasteiger partial charge < -0.3 is 4.90 Å². The van der Waals surface area contributed by atoms with E-state index in [1.54, 1.807) is 23.0 Å². The number of aryl methyl sites for hydroxylation is 2. The molecule has 0 bridgehead atoms. The summed E-state index contributed by atoms with van der Waals surface area (Å²) in [6.07, 6.45) is 5.89. The van der Waals surface area contributed by atoms with Crippen LogP contribution < -0.4 is 0 Å². The maximum Gasteiger partial charge on any atom is 0.223 e. The first-order chi connectivity index (χ1) is 11.1. The topological polar surface area (TPSA) is 38.1 Å². The highest BCUT2D eigenvalue weighted by Crippen LogP contribution is 2.31. The van der Waals surface area contributed by atoms with Gasteiger partial charge in [0.25, 0.3) is 0 Å². The summed E-state index contributed by atoms with van der Waals surface area (Å²) in [6, 6.07) is 8.57. The molecule has 1 aromatic heterocycles. The summed E-state index contributed by atoms with van der Waals surface area (Å²) in [5.41, 5.74) is 1.95. The van der Waals surface area contributed by atoms with Gasteiger partial charge in [-0.3, -0.25) is 9.48 Å². The minimum absolute atomic E-state index is 0.00140. The van der Waals surface area contributed by atoms with E-state index in [0.717, 1.165) is 37.1 Å². The second kappa shape index (κ2) is 6.94. The average molecular weight is 315 g/mol. The Bertz CT molecular complexity index is 682. The number of nitrogens with zero attached hydrogens (tertiary/aromatic N) is 3. The van der Waals surface area contributed by atoms with Gasteiger partial charge in [-0.15, -0.1) is 0 Å². The molecule has 1 saturated heterocycles. The van der Waals surface area contributed by atoms with Crippen LogP contribution in [0.1, 0.15) is 43.0 Å². The van der Waals surface area contributed by atoms with E-state index in [1.807, 2.05) is 24.1 Å². The van der Waals surface area contributed by atoms with Crippen LogP contribution in [0.25, 0.3) is 0 Å². The third kappa shape index (κ3) is 3.60. The van der Waals surface area contributed by atoms with Crippen LogP contribution in [0, 0.1) is 5.82 Å². The molecule has 4 nitrogen and oxygen atoms in total. The number of carbonyl (C=O) groups excluding carboxylic acids is 1. The van der Waals surface area contributed by atoms with Crippen molar-refractivity contribution in [3.05, 3.63) is 53.6 Å². The van der Waals surface area contributed by atoms with Gasteiger partial charge in [0, 0.05) is 31.9 Å². The molecule has 0 unspecified atom stereocenters. The number of aromatic nitrogens is 2. The van der Waals surface area contributed by atoms with Gasteiger partial charge in [-0.2, -0.15) is 5.10 Å². The first-order valence-corrected chi connectivity index (χ1v) is 8.17. The zero-order valence-corrected chi connectivity index (χ0v) is 13.4. The standard InChI is InChI=1S/C18H22FN3O/c1-21-16(10-11-20-21)8-9-18(23)22-12-3-2-7-17(22)14-5-4-6-15(19)13-14/h4-6,10-11,13,17H,2-3,7-9,12H2,1H3/t17-/m0/s1. The van der Waals surface area contributed by atoms with Gasteiger partial charge in [0.2, 0.25) is 5.91 Å². The molecular weight excluding hydrogens is 293 g/mol. The van der Waals surface area contributed by atoms with Gasteiger partial charge in [0.15, 0.2) is 0 Å². The molecule has 2 aromatic rings. The average Bonchev–Trinajstić information content (AvgIpc) is 2.98. The van der Waals surface area contributed by atoms with Gasteiger partial charge in [0.1, 0.15) is 5.82 Å². The van der Waals surface area contributed by atoms with Gasteiger partial charge >= 0.3 is 0 Å². The number of halogens is 1. The minimum atomic E-state index is -0.240. The second-order valence-corrected chi connectivity index (χ2v) is 6.10. The molecular formula is C18H22FN3O. The molecule has 122 valence electrons. The third-order valence-electron chi connectivity index (χ3n) is 4.57. The highest BCUT2D eigenvalue weighted by atomic mass is 19.1. The Kier molecular flexibility index (Phi) is 4.74. The van der Waals surface area contributed by atoms with E-state index < -0.39 is 0 Å². The van der Waals surface area contributed by atoms with Crippen molar-refractivity contribution in [2.45, 2.75) is 38.1 Å². The fourth-order valence-corrected chi connectivity index (χ4v) is 3.32.